The SMILES string of the molecule is c1ccc(-c2ccccc2-c2cccc(-n3c4ccccc4c4cc5c6ccccc6n(-c6ccc7ccccc7c6)c5cc43)c2)cc1. The number of para-hydroxylation sites is 2. The Morgan fingerprint density at radius 1 is 0.271 bits per heavy atom. The van der Waals surface area contributed by atoms with Crippen molar-refractivity contribution in [3.63, 3.8) is 0 Å². The van der Waals surface area contributed by atoms with Gasteiger partial charge in [0.1, 0.15) is 0 Å². The summed E-state index contributed by atoms with van der Waals surface area (Å²) in [6.07, 6.45) is 0. The molecule has 0 unspecified atom stereocenters. The largest absolute Gasteiger partial charge is 0.309 e. The molecule has 0 aliphatic rings. The lowest BCUT2D eigenvalue weighted by Gasteiger charge is -2.14. The van der Waals surface area contributed by atoms with Crippen LogP contribution in [0.15, 0.2) is 182 Å². The van der Waals surface area contributed by atoms with Crippen LogP contribution in [0.3, 0.4) is 0 Å². The maximum Gasteiger partial charge on any atom is 0.0562 e. The smallest absolute Gasteiger partial charge is 0.0562 e. The van der Waals surface area contributed by atoms with E-state index < -0.39 is 0 Å². The van der Waals surface area contributed by atoms with Crippen molar-refractivity contribution in [3.05, 3.63) is 182 Å². The van der Waals surface area contributed by atoms with E-state index in [1.807, 2.05) is 0 Å². The second-order valence-corrected chi connectivity index (χ2v) is 12.6. The fraction of sp³-hybridized carbons (Fsp3) is 0. The van der Waals surface area contributed by atoms with Gasteiger partial charge in [0.15, 0.2) is 0 Å². The van der Waals surface area contributed by atoms with Crippen molar-refractivity contribution in [1.82, 2.24) is 9.13 Å². The lowest BCUT2D eigenvalue weighted by Crippen LogP contribution is -1.96. The molecule has 8 aromatic carbocycles. The van der Waals surface area contributed by atoms with Gasteiger partial charge in [0.2, 0.25) is 0 Å². The molecule has 0 spiro atoms. The third kappa shape index (κ3) is 4.06. The predicted molar refractivity (Wildman–Crippen MR) is 203 cm³/mol. The van der Waals surface area contributed by atoms with E-state index in [4.69, 9.17) is 0 Å². The zero-order valence-electron chi connectivity index (χ0n) is 26.2. The summed E-state index contributed by atoms with van der Waals surface area (Å²) in [5.41, 5.74) is 12.0. The van der Waals surface area contributed by atoms with Crippen LogP contribution in [0.25, 0.3) is 88.0 Å². The molecule has 0 aliphatic heterocycles. The Balaban J connectivity index is 1.25. The highest BCUT2D eigenvalue weighted by molar-refractivity contribution is 6.19. The number of hydrogen-bond donors (Lipinski definition) is 0. The van der Waals surface area contributed by atoms with Gasteiger partial charge in [-0.15, -0.1) is 0 Å². The quantitative estimate of drug-likeness (QED) is 0.188. The van der Waals surface area contributed by atoms with Crippen LogP contribution in [0.1, 0.15) is 0 Å². The van der Waals surface area contributed by atoms with Crippen molar-refractivity contribution in [2.75, 3.05) is 0 Å². The van der Waals surface area contributed by atoms with Gasteiger partial charge in [-0.3, -0.25) is 0 Å². The first-order valence-electron chi connectivity index (χ1n) is 16.5. The number of aromatic nitrogens is 2. The van der Waals surface area contributed by atoms with Crippen molar-refractivity contribution >= 4 is 54.4 Å². The van der Waals surface area contributed by atoms with Gasteiger partial charge in [0.05, 0.1) is 22.1 Å². The number of fused-ring (bicyclic) bond motifs is 7. The Bertz CT molecular complexity index is 2830. The molecule has 0 bridgehead atoms. The molecule has 2 heteroatoms. The summed E-state index contributed by atoms with van der Waals surface area (Å²) < 4.78 is 4.88. The minimum Gasteiger partial charge on any atom is -0.309 e. The third-order valence-electron chi connectivity index (χ3n) is 9.88. The Labute approximate surface area is 278 Å². The lowest BCUT2D eigenvalue weighted by atomic mass is 9.94. The van der Waals surface area contributed by atoms with Crippen molar-refractivity contribution in [2.24, 2.45) is 0 Å². The van der Waals surface area contributed by atoms with E-state index in [1.165, 1.54) is 82.3 Å². The van der Waals surface area contributed by atoms with E-state index in [-0.39, 0.29) is 0 Å². The summed E-state index contributed by atoms with van der Waals surface area (Å²) in [7, 11) is 0. The van der Waals surface area contributed by atoms with Gasteiger partial charge in [0.25, 0.3) is 0 Å². The van der Waals surface area contributed by atoms with E-state index in [2.05, 4.69) is 191 Å². The predicted octanol–water partition coefficient (Wildman–Crippen LogP) is 12.4. The zero-order chi connectivity index (χ0) is 31.6. The van der Waals surface area contributed by atoms with Crippen molar-refractivity contribution in [2.45, 2.75) is 0 Å². The fourth-order valence-corrected chi connectivity index (χ4v) is 7.72. The molecular formula is C46H30N2. The van der Waals surface area contributed by atoms with Crippen LogP contribution in [-0.2, 0) is 0 Å². The monoisotopic (exact) mass is 610 g/mol. The summed E-state index contributed by atoms with van der Waals surface area (Å²) in [4.78, 5) is 0. The molecule has 224 valence electrons. The second-order valence-electron chi connectivity index (χ2n) is 12.6. The molecular weight excluding hydrogens is 581 g/mol. The average molecular weight is 611 g/mol. The molecule has 0 saturated carbocycles. The van der Waals surface area contributed by atoms with Crippen LogP contribution < -0.4 is 0 Å². The van der Waals surface area contributed by atoms with E-state index in [0.29, 0.717) is 0 Å². The first-order valence-corrected chi connectivity index (χ1v) is 16.5. The molecule has 0 fully saturated rings. The zero-order valence-corrected chi connectivity index (χ0v) is 26.2. The van der Waals surface area contributed by atoms with Crippen LogP contribution in [0, 0.1) is 0 Å². The molecule has 0 N–H and O–H groups in total. The third-order valence-corrected chi connectivity index (χ3v) is 9.88. The highest BCUT2D eigenvalue weighted by Gasteiger charge is 2.19. The number of hydrogen-bond acceptors (Lipinski definition) is 0. The molecule has 0 amide bonds. The minimum absolute atomic E-state index is 1.15. The number of nitrogens with zero attached hydrogens (tertiary/aromatic N) is 2. The summed E-state index contributed by atoms with van der Waals surface area (Å²) >= 11 is 0. The maximum atomic E-state index is 2.45. The van der Waals surface area contributed by atoms with Gasteiger partial charge >= 0.3 is 0 Å². The molecule has 48 heavy (non-hydrogen) atoms. The molecule has 2 heterocycles. The minimum atomic E-state index is 1.15. The summed E-state index contributed by atoms with van der Waals surface area (Å²) in [5, 5.41) is 7.53. The normalized spacial score (nSPS) is 11.8. The lowest BCUT2D eigenvalue weighted by molar-refractivity contribution is 1.17. The first kappa shape index (κ1) is 26.8. The molecule has 0 aliphatic carbocycles. The highest BCUT2D eigenvalue weighted by atomic mass is 15.0. The van der Waals surface area contributed by atoms with E-state index >= 15 is 0 Å². The number of benzene rings is 8. The van der Waals surface area contributed by atoms with Gasteiger partial charge in [-0.25, -0.2) is 0 Å². The Kier molecular flexibility index (Phi) is 5.91. The van der Waals surface area contributed by atoms with Crippen LogP contribution in [-0.4, -0.2) is 9.13 Å². The first-order chi connectivity index (χ1) is 23.8. The summed E-state index contributed by atoms with van der Waals surface area (Å²) in [6.45, 7) is 0. The Morgan fingerprint density at radius 2 is 0.812 bits per heavy atom. The summed E-state index contributed by atoms with van der Waals surface area (Å²) in [6, 6.07) is 66.2. The van der Waals surface area contributed by atoms with E-state index in [9.17, 15) is 0 Å². The molecule has 10 aromatic rings. The van der Waals surface area contributed by atoms with Gasteiger partial charge < -0.3 is 9.13 Å². The number of rotatable bonds is 4. The molecule has 2 nitrogen and oxygen atoms in total. The topological polar surface area (TPSA) is 9.86 Å². The van der Waals surface area contributed by atoms with Crippen molar-refractivity contribution in [3.8, 4) is 33.6 Å². The van der Waals surface area contributed by atoms with Crippen molar-refractivity contribution in [1.29, 1.82) is 0 Å². The van der Waals surface area contributed by atoms with Crippen molar-refractivity contribution < 1.29 is 0 Å². The molecule has 2 aromatic heterocycles. The van der Waals surface area contributed by atoms with Crippen LogP contribution >= 0.6 is 0 Å². The van der Waals surface area contributed by atoms with Crippen LogP contribution in [0.2, 0.25) is 0 Å². The average Bonchev–Trinajstić information content (AvgIpc) is 3.66. The highest BCUT2D eigenvalue weighted by Crippen LogP contribution is 2.41. The van der Waals surface area contributed by atoms with Crippen LogP contribution in [0.4, 0.5) is 0 Å². The van der Waals surface area contributed by atoms with Gasteiger partial charge in [-0.05, 0) is 81.6 Å². The van der Waals surface area contributed by atoms with Gasteiger partial charge in [-0.2, -0.15) is 0 Å². The van der Waals surface area contributed by atoms with E-state index in [1.54, 1.807) is 0 Å². The summed E-state index contributed by atoms with van der Waals surface area (Å²) in [5.74, 6) is 0. The van der Waals surface area contributed by atoms with Gasteiger partial charge in [0, 0.05) is 32.9 Å². The fourth-order valence-electron chi connectivity index (χ4n) is 7.72. The van der Waals surface area contributed by atoms with E-state index in [0.717, 1.165) is 5.69 Å². The molecule has 0 saturated heterocycles. The van der Waals surface area contributed by atoms with Gasteiger partial charge in [-0.1, -0.05) is 133 Å². The van der Waals surface area contributed by atoms with Crippen LogP contribution in [0.5, 0.6) is 0 Å². The molecule has 0 radical (unpaired) electrons. The second kappa shape index (κ2) is 10.6. The Morgan fingerprint density at radius 3 is 1.52 bits per heavy atom. The molecule has 0 atom stereocenters. The maximum absolute atomic E-state index is 2.45. The standard InChI is InChI=1S/C46H30N2/c1-2-14-32(15-3-1)37-19-6-7-20-38(37)34-17-12-18-35(28-34)47-43-23-10-8-21-39(43)41-29-42-40-22-9-11-24-44(40)48(46(42)30-45(41)47)36-26-25-31-13-4-5-16-33(31)27-36/h1-30H. The Hall–Kier alpha value is -6.38. The molecule has 10 rings (SSSR count).